The summed E-state index contributed by atoms with van der Waals surface area (Å²) in [5.41, 5.74) is 7.84. The summed E-state index contributed by atoms with van der Waals surface area (Å²) in [6, 6.07) is 15.1. The van der Waals surface area contributed by atoms with Gasteiger partial charge in [0.25, 0.3) is 0 Å². The Balaban J connectivity index is 2.19. The van der Waals surface area contributed by atoms with Gasteiger partial charge < -0.3 is 10.6 Å². The molecule has 2 rings (SSSR count). The van der Waals surface area contributed by atoms with Crippen LogP contribution in [-0.4, -0.2) is 12.5 Å². The molecule has 0 bridgehead atoms. The summed E-state index contributed by atoms with van der Waals surface area (Å²) >= 11 is 0. The zero-order valence-corrected chi connectivity index (χ0v) is 12.9. The first kappa shape index (κ1) is 16.2. The number of carbonyl (C=O) groups excluding carboxylic acids is 1. The Bertz CT molecular complexity index is 613. The Labute approximate surface area is 130 Å². The lowest BCUT2D eigenvalue weighted by molar-refractivity contribution is -0.122. The van der Waals surface area contributed by atoms with Crippen molar-refractivity contribution in [3.63, 3.8) is 0 Å². The average molecular weight is 300 g/mol. The van der Waals surface area contributed by atoms with E-state index in [4.69, 9.17) is 5.73 Å². The lowest BCUT2D eigenvalue weighted by atomic mass is 9.94. The number of rotatable bonds is 5. The van der Waals surface area contributed by atoms with Crippen molar-refractivity contribution in [3.8, 4) is 0 Å². The Kier molecular flexibility index (Phi) is 5.28. The van der Waals surface area contributed by atoms with Gasteiger partial charge in [0.05, 0.1) is 5.92 Å². The fraction of sp³-hybridized carbons (Fsp3) is 0.278. The molecule has 0 fully saturated rings. The van der Waals surface area contributed by atoms with Gasteiger partial charge in [-0.05, 0) is 36.8 Å². The highest BCUT2D eigenvalue weighted by Gasteiger charge is 2.26. The van der Waals surface area contributed by atoms with Crippen molar-refractivity contribution in [2.75, 3.05) is 11.4 Å². The monoisotopic (exact) mass is 300 g/mol. The van der Waals surface area contributed by atoms with E-state index in [1.807, 2.05) is 44.2 Å². The van der Waals surface area contributed by atoms with Gasteiger partial charge in [-0.15, -0.1) is 0 Å². The van der Waals surface area contributed by atoms with Crippen LogP contribution in [0.15, 0.2) is 54.6 Å². The second kappa shape index (κ2) is 7.18. The molecule has 2 N–H and O–H groups in total. The Hall–Kier alpha value is -2.20. The smallest absolute Gasteiger partial charge is 0.231 e. The van der Waals surface area contributed by atoms with E-state index in [0.717, 1.165) is 5.56 Å². The van der Waals surface area contributed by atoms with Crippen LogP contribution in [0.25, 0.3) is 0 Å². The van der Waals surface area contributed by atoms with Crippen molar-refractivity contribution >= 4 is 11.6 Å². The van der Waals surface area contributed by atoms with Gasteiger partial charge in [-0.1, -0.05) is 37.3 Å². The molecule has 2 atom stereocenters. The fourth-order valence-electron chi connectivity index (χ4n) is 2.45. The minimum absolute atomic E-state index is 0.0644. The van der Waals surface area contributed by atoms with E-state index in [1.54, 1.807) is 17.0 Å². The molecule has 0 aliphatic rings. The largest absolute Gasteiger partial charge is 0.323 e. The van der Waals surface area contributed by atoms with Crippen LogP contribution in [0.4, 0.5) is 10.1 Å². The fourth-order valence-corrected chi connectivity index (χ4v) is 2.45. The lowest BCUT2D eigenvalue weighted by Crippen LogP contribution is -2.39. The Morgan fingerprint density at radius 1 is 1.14 bits per heavy atom. The highest BCUT2D eigenvalue weighted by Crippen LogP contribution is 2.24. The van der Waals surface area contributed by atoms with Crippen LogP contribution in [0.5, 0.6) is 0 Å². The second-order valence-corrected chi connectivity index (χ2v) is 5.28. The van der Waals surface area contributed by atoms with Crippen molar-refractivity contribution in [2.24, 2.45) is 11.7 Å². The first-order valence-electron chi connectivity index (χ1n) is 7.42. The molecule has 0 aliphatic heterocycles. The molecule has 0 radical (unpaired) electrons. The van der Waals surface area contributed by atoms with E-state index in [1.165, 1.54) is 12.1 Å². The quantitative estimate of drug-likeness (QED) is 0.918. The third-order valence-electron chi connectivity index (χ3n) is 3.83. The van der Waals surface area contributed by atoms with E-state index in [2.05, 4.69) is 0 Å². The van der Waals surface area contributed by atoms with Gasteiger partial charge in [0.1, 0.15) is 5.82 Å². The SMILES string of the molecule is CCN(C(=O)C(C)C(N)c1ccccc1)c1ccc(F)cc1. The van der Waals surface area contributed by atoms with Gasteiger partial charge in [-0.2, -0.15) is 0 Å². The topological polar surface area (TPSA) is 46.3 Å². The summed E-state index contributed by atoms with van der Waals surface area (Å²) in [5, 5.41) is 0. The number of nitrogens with zero attached hydrogens (tertiary/aromatic N) is 1. The maximum absolute atomic E-state index is 13.0. The third kappa shape index (κ3) is 3.52. The number of halogens is 1. The van der Waals surface area contributed by atoms with E-state index in [9.17, 15) is 9.18 Å². The summed E-state index contributed by atoms with van der Waals surface area (Å²) in [4.78, 5) is 14.4. The first-order chi connectivity index (χ1) is 10.5. The van der Waals surface area contributed by atoms with Gasteiger partial charge in [0.15, 0.2) is 0 Å². The zero-order chi connectivity index (χ0) is 16.1. The zero-order valence-electron chi connectivity index (χ0n) is 12.9. The van der Waals surface area contributed by atoms with E-state index in [-0.39, 0.29) is 23.7 Å². The molecule has 4 heteroatoms. The van der Waals surface area contributed by atoms with Crippen molar-refractivity contribution in [3.05, 3.63) is 66.0 Å². The number of amides is 1. The molecule has 0 spiro atoms. The highest BCUT2D eigenvalue weighted by atomic mass is 19.1. The number of hydrogen-bond donors (Lipinski definition) is 1. The van der Waals surface area contributed by atoms with E-state index < -0.39 is 0 Å². The molecule has 2 aromatic carbocycles. The van der Waals surface area contributed by atoms with Gasteiger partial charge >= 0.3 is 0 Å². The lowest BCUT2D eigenvalue weighted by Gasteiger charge is -2.27. The molecule has 116 valence electrons. The Morgan fingerprint density at radius 2 is 1.73 bits per heavy atom. The van der Waals surface area contributed by atoms with E-state index in [0.29, 0.717) is 12.2 Å². The molecule has 2 unspecified atom stereocenters. The van der Waals surface area contributed by atoms with Crippen LogP contribution in [0.1, 0.15) is 25.5 Å². The van der Waals surface area contributed by atoms with Gasteiger partial charge in [-0.3, -0.25) is 4.79 Å². The number of carbonyl (C=O) groups is 1. The Morgan fingerprint density at radius 3 is 2.27 bits per heavy atom. The minimum Gasteiger partial charge on any atom is -0.323 e. The molecule has 0 saturated heterocycles. The average Bonchev–Trinajstić information content (AvgIpc) is 2.56. The van der Waals surface area contributed by atoms with E-state index >= 15 is 0 Å². The normalized spacial score (nSPS) is 13.5. The third-order valence-corrected chi connectivity index (χ3v) is 3.83. The van der Waals surface area contributed by atoms with Gasteiger partial charge in [-0.25, -0.2) is 4.39 Å². The maximum atomic E-state index is 13.0. The molecule has 1 amide bonds. The van der Waals surface area contributed by atoms with Gasteiger partial charge in [0.2, 0.25) is 5.91 Å². The minimum atomic E-state index is -0.372. The molecule has 3 nitrogen and oxygen atoms in total. The van der Waals surface area contributed by atoms with Crippen molar-refractivity contribution in [1.82, 2.24) is 0 Å². The van der Waals surface area contributed by atoms with Crippen LogP contribution in [0, 0.1) is 11.7 Å². The summed E-state index contributed by atoms with van der Waals surface area (Å²) in [5.74, 6) is -0.751. The van der Waals surface area contributed by atoms with Crippen LogP contribution in [-0.2, 0) is 4.79 Å². The molecular weight excluding hydrogens is 279 g/mol. The second-order valence-electron chi connectivity index (χ2n) is 5.28. The van der Waals surface area contributed by atoms with Crippen molar-refractivity contribution in [2.45, 2.75) is 19.9 Å². The van der Waals surface area contributed by atoms with Crippen molar-refractivity contribution in [1.29, 1.82) is 0 Å². The van der Waals surface area contributed by atoms with Gasteiger partial charge in [0, 0.05) is 18.3 Å². The molecule has 22 heavy (non-hydrogen) atoms. The number of nitrogens with two attached hydrogens (primary N) is 1. The molecule has 0 aromatic heterocycles. The molecule has 0 aliphatic carbocycles. The van der Waals surface area contributed by atoms with Crippen LogP contribution >= 0.6 is 0 Å². The molecule has 2 aromatic rings. The predicted octanol–water partition coefficient (Wildman–Crippen LogP) is 3.51. The first-order valence-corrected chi connectivity index (χ1v) is 7.42. The summed E-state index contributed by atoms with van der Waals surface area (Å²) in [6.07, 6.45) is 0. The van der Waals surface area contributed by atoms with Crippen LogP contribution in [0.3, 0.4) is 0 Å². The van der Waals surface area contributed by atoms with Crippen LogP contribution < -0.4 is 10.6 Å². The standard InChI is InChI=1S/C18H21FN2O/c1-3-21(16-11-9-15(19)10-12-16)18(22)13(2)17(20)14-7-5-4-6-8-14/h4-13,17H,3,20H2,1-2H3. The molecule has 0 heterocycles. The predicted molar refractivity (Wildman–Crippen MR) is 87.0 cm³/mol. The van der Waals surface area contributed by atoms with Crippen LogP contribution in [0.2, 0.25) is 0 Å². The molecule has 0 saturated carbocycles. The number of anilines is 1. The highest BCUT2D eigenvalue weighted by molar-refractivity contribution is 5.95. The summed E-state index contributed by atoms with van der Waals surface area (Å²) in [6.45, 7) is 4.23. The van der Waals surface area contributed by atoms with Crippen molar-refractivity contribution < 1.29 is 9.18 Å². The molecular formula is C18H21FN2O. The maximum Gasteiger partial charge on any atom is 0.231 e. The summed E-state index contributed by atoms with van der Waals surface area (Å²) in [7, 11) is 0. The summed E-state index contributed by atoms with van der Waals surface area (Å²) < 4.78 is 13.0. The number of benzene rings is 2. The number of hydrogen-bond acceptors (Lipinski definition) is 2.